The lowest BCUT2D eigenvalue weighted by molar-refractivity contribution is 0.177. The summed E-state index contributed by atoms with van der Waals surface area (Å²) in [5, 5.41) is 0. The first kappa shape index (κ1) is 20.2. The summed E-state index contributed by atoms with van der Waals surface area (Å²) < 4.78 is 0. The van der Waals surface area contributed by atoms with Crippen molar-refractivity contribution in [3.63, 3.8) is 0 Å². The van der Waals surface area contributed by atoms with Gasteiger partial charge in [-0.15, -0.1) is 0 Å². The standard InChI is InChI=1S/C26H29N3O/c1-27(25(21-28-19-11-12-20-28)22-13-5-2-6-14-22)26(30)29(23-15-7-3-8-16-23)24-17-9-4-10-18-24/h2-10,13-18,25H,11-12,19-21H2,1H3. The van der Waals surface area contributed by atoms with Gasteiger partial charge in [-0.1, -0.05) is 66.7 Å². The van der Waals surface area contributed by atoms with Crippen LogP contribution < -0.4 is 4.90 Å². The number of anilines is 2. The zero-order valence-corrected chi connectivity index (χ0v) is 17.5. The molecule has 1 saturated heterocycles. The normalized spacial score (nSPS) is 15.0. The van der Waals surface area contributed by atoms with Crippen molar-refractivity contribution in [2.45, 2.75) is 18.9 Å². The van der Waals surface area contributed by atoms with Crippen LogP contribution in [-0.4, -0.2) is 42.5 Å². The maximum atomic E-state index is 13.9. The van der Waals surface area contributed by atoms with E-state index in [1.165, 1.54) is 18.4 Å². The third kappa shape index (κ3) is 4.55. The Bertz CT molecular complexity index is 885. The molecular weight excluding hydrogens is 370 g/mol. The maximum Gasteiger partial charge on any atom is 0.329 e. The second-order valence-corrected chi connectivity index (χ2v) is 7.83. The second-order valence-electron chi connectivity index (χ2n) is 7.83. The zero-order chi connectivity index (χ0) is 20.8. The van der Waals surface area contributed by atoms with Crippen molar-refractivity contribution < 1.29 is 4.79 Å². The van der Waals surface area contributed by atoms with Gasteiger partial charge in [0.15, 0.2) is 0 Å². The van der Waals surface area contributed by atoms with Crippen molar-refractivity contribution in [2.24, 2.45) is 0 Å². The average molecular weight is 400 g/mol. The fraction of sp³-hybridized carbons (Fsp3) is 0.269. The van der Waals surface area contributed by atoms with E-state index < -0.39 is 0 Å². The Morgan fingerprint density at radius 3 is 1.77 bits per heavy atom. The monoisotopic (exact) mass is 399 g/mol. The van der Waals surface area contributed by atoms with Crippen LogP contribution in [0.15, 0.2) is 91.0 Å². The van der Waals surface area contributed by atoms with Crippen LogP contribution >= 0.6 is 0 Å². The number of carbonyl (C=O) groups excluding carboxylic acids is 1. The molecule has 0 radical (unpaired) electrons. The molecule has 3 aromatic carbocycles. The molecule has 1 aliphatic heterocycles. The number of nitrogens with zero attached hydrogens (tertiary/aromatic N) is 3. The van der Waals surface area contributed by atoms with E-state index in [-0.39, 0.29) is 12.1 Å². The van der Waals surface area contributed by atoms with E-state index in [0.717, 1.165) is 31.0 Å². The van der Waals surface area contributed by atoms with Gasteiger partial charge in [0, 0.05) is 13.6 Å². The molecule has 1 heterocycles. The van der Waals surface area contributed by atoms with E-state index in [4.69, 9.17) is 0 Å². The molecule has 0 spiro atoms. The number of para-hydroxylation sites is 2. The van der Waals surface area contributed by atoms with E-state index in [2.05, 4.69) is 29.2 Å². The first-order chi connectivity index (χ1) is 14.7. The van der Waals surface area contributed by atoms with E-state index in [9.17, 15) is 4.79 Å². The van der Waals surface area contributed by atoms with Crippen LogP contribution in [0.5, 0.6) is 0 Å². The third-order valence-electron chi connectivity index (χ3n) is 5.80. The largest absolute Gasteiger partial charge is 0.329 e. The van der Waals surface area contributed by atoms with E-state index in [0.29, 0.717) is 0 Å². The van der Waals surface area contributed by atoms with Gasteiger partial charge < -0.3 is 9.80 Å². The molecule has 30 heavy (non-hydrogen) atoms. The molecule has 1 unspecified atom stereocenters. The lowest BCUT2D eigenvalue weighted by Crippen LogP contribution is -2.44. The van der Waals surface area contributed by atoms with Crippen LogP contribution in [0.3, 0.4) is 0 Å². The summed E-state index contributed by atoms with van der Waals surface area (Å²) in [5.74, 6) is 0. The number of hydrogen-bond donors (Lipinski definition) is 0. The summed E-state index contributed by atoms with van der Waals surface area (Å²) in [6.45, 7) is 3.06. The molecule has 0 aliphatic carbocycles. The van der Waals surface area contributed by atoms with Gasteiger partial charge in [0.05, 0.1) is 17.4 Å². The molecule has 154 valence electrons. The second kappa shape index (κ2) is 9.59. The number of hydrogen-bond acceptors (Lipinski definition) is 2. The lowest BCUT2D eigenvalue weighted by Gasteiger charge is -2.36. The summed E-state index contributed by atoms with van der Waals surface area (Å²) >= 11 is 0. The molecule has 1 aliphatic rings. The summed E-state index contributed by atoms with van der Waals surface area (Å²) in [5.41, 5.74) is 2.91. The maximum absolute atomic E-state index is 13.9. The van der Waals surface area contributed by atoms with Gasteiger partial charge in [0.2, 0.25) is 0 Å². The fourth-order valence-electron chi connectivity index (χ4n) is 4.15. The number of urea groups is 1. The number of rotatable bonds is 6. The van der Waals surface area contributed by atoms with Crippen molar-refractivity contribution in [1.29, 1.82) is 0 Å². The summed E-state index contributed by atoms with van der Waals surface area (Å²) in [6.07, 6.45) is 2.47. The zero-order valence-electron chi connectivity index (χ0n) is 17.5. The summed E-state index contributed by atoms with van der Waals surface area (Å²) in [4.78, 5) is 20.0. The van der Waals surface area contributed by atoms with Gasteiger partial charge >= 0.3 is 6.03 Å². The predicted octanol–water partition coefficient (Wildman–Crippen LogP) is 5.71. The minimum absolute atomic E-state index is 0.00766. The Kier molecular flexibility index (Phi) is 6.45. The molecular formula is C26H29N3O. The van der Waals surface area contributed by atoms with Crippen LogP contribution in [0.2, 0.25) is 0 Å². The SMILES string of the molecule is CN(C(=O)N(c1ccccc1)c1ccccc1)C(CN1CCCC1)c1ccccc1. The van der Waals surface area contributed by atoms with Gasteiger partial charge in [0.25, 0.3) is 0 Å². The van der Waals surface area contributed by atoms with Crippen LogP contribution in [0, 0.1) is 0 Å². The molecule has 3 aromatic rings. The molecule has 4 nitrogen and oxygen atoms in total. The Morgan fingerprint density at radius 1 is 0.800 bits per heavy atom. The highest BCUT2D eigenvalue weighted by Crippen LogP contribution is 2.30. The fourth-order valence-corrected chi connectivity index (χ4v) is 4.15. The highest BCUT2D eigenvalue weighted by atomic mass is 16.2. The Balaban J connectivity index is 1.67. The van der Waals surface area contributed by atoms with Crippen molar-refractivity contribution in [1.82, 2.24) is 9.80 Å². The Morgan fingerprint density at radius 2 is 1.27 bits per heavy atom. The molecule has 0 aromatic heterocycles. The van der Waals surface area contributed by atoms with Crippen LogP contribution in [0.1, 0.15) is 24.4 Å². The average Bonchev–Trinajstić information content (AvgIpc) is 3.32. The molecule has 1 fully saturated rings. The van der Waals surface area contributed by atoms with Crippen molar-refractivity contribution in [2.75, 3.05) is 31.6 Å². The van der Waals surface area contributed by atoms with Crippen molar-refractivity contribution in [3.8, 4) is 0 Å². The number of carbonyl (C=O) groups is 1. The lowest BCUT2D eigenvalue weighted by atomic mass is 10.1. The number of likely N-dealkylation sites (N-methyl/N-ethyl adjacent to an activating group) is 1. The minimum atomic E-state index is -0.0274. The molecule has 0 saturated carbocycles. The summed E-state index contributed by atoms with van der Waals surface area (Å²) in [7, 11) is 1.93. The Labute approximate surface area is 179 Å². The van der Waals surface area contributed by atoms with E-state index in [1.54, 1.807) is 4.90 Å². The van der Waals surface area contributed by atoms with Crippen LogP contribution in [-0.2, 0) is 0 Å². The Hall–Kier alpha value is -3.11. The number of likely N-dealkylation sites (tertiary alicyclic amines) is 1. The number of amides is 2. The van der Waals surface area contributed by atoms with Crippen LogP contribution in [0.25, 0.3) is 0 Å². The highest BCUT2D eigenvalue weighted by molar-refractivity contribution is 5.99. The smallest absolute Gasteiger partial charge is 0.319 e. The first-order valence-corrected chi connectivity index (χ1v) is 10.7. The van der Waals surface area contributed by atoms with Gasteiger partial charge in [-0.3, -0.25) is 4.90 Å². The summed E-state index contributed by atoms with van der Waals surface area (Å²) in [6, 6.07) is 30.1. The van der Waals surface area contributed by atoms with Crippen LogP contribution in [0.4, 0.5) is 16.2 Å². The van der Waals surface area contributed by atoms with E-state index in [1.807, 2.05) is 78.7 Å². The highest BCUT2D eigenvalue weighted by Gasteiger charge is 2.29. The predicted molar refractivity (Wildman–Crippen MR) is 123 cm³/mol. The van der Waals surface area contributed by atoms with Gasteiger partial charge in [-0.2, -0.15) is 0 Å². The molecule has 4 rings (SSSR count). The first-order valence-electron chi connectivity index (χ1n) is 10.7. The molecule has 0 bridgehead atoms. The molecule has 2 amide bonds. The van der Waals surface area contributed by atoms with Gasteiger partial charge in [-0.05, 0) is 55.8 Å². The molecule has 4 heteroatoms. The molecule has 0 N–H and O–H groups in total. The van der Waals surface area contributed by atoms with Gasteiger partial charge in [0.1, 0.15) is 0 Å². The van der Waals surface area contributed by atoms with Gasteiger partial charge in [-0.25, -0.2) is 4.79 Å². The quantitative estimate of drug-likeness (QED) is 0.530. The third-order valence-corrected chi connectivity index (χ3v) is 5.80. The van der Waals surface area contributed by atoms with E-state index >= 15 is 0 Å². The number of benzene rings is 3. The van der Waals surface area contributed by atoms with Crippen molar-refractivity contribution in [3.05, 3.63) is 96.6 Å². The van der Waals surface area contributed by atoms with Crippen molar-refractivity contribution >= 4 is 17.4 Å². The minimum Gasteiger partial charge on any atom is -0.319 e. The molecule has 1 atom stereocenters. The topological polar surface area (TPSA) is 26.8 Å².